The highest BCUT2D eigenvalue weighted by Crippen LogP contribution is 1.94. The molecule has 0 rings (SSSR count). The predicted octanol–water partition coefficient (Wildman–Crippen LogP) is 0.681. The fourth-order valence-electron chi connectivity index (χ4n) is 0.510. The summed E-state index contributed by atoms with van der Waals surface area (Å²) in [5, 5.41) is 7.18. The van der Waals surface area contributed by atoms with Crippen molar-refractivity contribution in [1.29, 1.82) is 5.41 Å². The molecule has 56 valence electrons. The summed E-state index contributed by atoms with van der Waals surface area (Å²) in [6.45, 7) is 3.79. The van der Waals surface area contributed by atoms with Crippen molar-refractivity contribution >= 4 is 5.90 Å². The molecule has 10 heavy (non-hydrogen) atoms. The van der Waals surface area contributed by atoms with E-state index in [1.54, 1.807) is 12.2 Å². The van der Waals surface area contributed by atoms with Crippen LogP contribution >= 0.6 is 0 Å². The Balaban J connectivity index is 4.19. The smallest absolute Gasteiger partial charge is 0.210 e. The van der Waals surface area contributed by atoms with Gasteiger partial charge in [0.05, 0.1) is 7.11 Å². The number of rotatable bonds is 3. The maximum Gasteiger partial charge on any atom is 0.210 e. The Morgan fingerprint density at radius 3 is 2.70 bits per heavy atom. The third-order valence-corrected chi connectivity index (χ3v) is 1.03. The molecule has 0 saturated heterocycles. The van der Waals surface area contributed by atoms with E-state index in [2.05, 4.69) is 11.3 Å². The topological polar surface area (TPSA) is 59.1 Å². The van der Waals surface area contributed by atoms with Crippen LogP contribution in [0.15, 0.2) is 24.3 Å². The summed E-state index contributed by atoms with van der Waals surface area (Å²) in [4.78, 5) is 0. The van der Waals surface area contributed by atoms with Crippen LogP contribution in [-0.2, 0) is 4.74 Å². The quantitative estimate of drug-likeness (QED) is 0.344. The van der Waals surface area contributed by atoms with Gasteiger partial charge in [-0.3, -0.25) is 5.41 Å². The van der Waals surface area contributed by atoms with E-state index in [9.17, 15) is 0 Å². The Morgan fingerprint density at radius 1 is 1.80 bits per heavy atom. The zero-order valence-electron chi connectivity index (χ0n) is 6.05. The number of ether oxygens (including phenoxy) is 1. The second kappa shape index (κ2) is 4.76. The van der Waals surface area contributed by atoms with Gasteiger partial charge in [-0.25, -0.2) is 0 Å². The summed E-state index contributed by atoms with van der Waals surface area (Å²) >= 11 is 0. The molecule has 0 radical (unpaired) electrons. The highest BCUT2D eigenvalue weighted by Gasteiger charge is 1.99. The van der Waals surface area contributed by atoms with Crippen LogP contribution < -0.4 is 5.73 Å². The predicted molar refractivity (Wildman–Crippen MR) is 42.1 cm³/mol. The molecule has 0 aromatic carbocycles. The number of hydrogen-bond donors (Lipinski definition) is 2. The monoisotopic (exact) mass is 140 g/mol. The normalized spacial score (nSPS) is 10.8. The van der Waals surface area contributed by atoms with Crippen molar-refractivity contribution in [2.75, 3.05) is 13.7 Å². The van der Waals surface area contributed by atoms with Gasteiger partial charge in [0.2, 0.25) is 5.90 Å². The van der Waals surface area contributed by atoms with Gasteiger partial charge in [0.25, 0.3) is 0 Å². The van der Waals surface area contributed by atoms with Crippen molar-refractivity contribution < 1.29 is 4.74 Å². The Hall–Kier alpha value is -1.09. The highest BCUT2D eigenvalue weighted by atomic mass is 16.5. The van der Waals surface area contributed by atoms with Gasteiger partial charge < -0.3 is 10.5 Å². The van der Waals surface area contributed by atoms with Gasteiger partial charge in [0.15, 0.2) is 0 Å². The first-order chi connectivity index (χ1) is 4.76. The molecular formula is C7H12N2O. The minimum Gasteiger partial charge on any atom is -0.481 e. The van der Waals surface area contributed by atoms with Crippen molar-refractivity contribution in [3.05, 3.63) is 24.3 Å². The largest absolute Gasteiger partial charge is 0.481 e. The van der Waals surface area contributed by atoms with Gasteiger partial charge >= 0.3 is 0 Å². The fourth-order valence-corrected chi connectivity index (χ4v) is 0.510. The molecule has 3 heteroatoms. The molecular weight excluding hydrogens is 128 g/mol. The van der Waals surface area contributed by atoms with E-state index in [-0.39, 0.29) is 5.90 Å². The van der Waals surface area contributed by atoms with Gasteiger partial charge in [0, 0.05) is 12.1 Å². The fraction of sp³-hybridized carbons (Fsp3) is 0.286. The van der Waals surface area contributed by atoms with E-state index < -0.39 is 0 Å². The first kappa shape index (κ1) is 8.91. The lowest BCUT2D eigenvalue weighted by atomic mass is 10.2. The number of nitrogens with one attached hydrogen (secondary N) is 1. The minimum atomic E-state index is 0.0994. The Morgan fingerprint density at radius 2 is 2.40 bits per heavy atom. The Bertz CT molecular complexity index is 161. The highest BCUT2D eigenvalue weighted by molar-refractivity contribution is 5.91. The van der Waals surface area contributed by atoms with Gasteiger partial charge in [-0.2, -0.15) is 0 Å². The Labute approximate surface area is 60.7 Å². The van der Waals surface area contributed by atoms with E-state index in [4.69, 9.17) is 11.1 Å². The first-order valence-corrected chi connectivity index (χ1v) is 2.90. The van der Waals surface area contributed by atoms with Crippen molar-refractivity contribution in [2.24, 2.45) is 5.73 Å². The summed E-state index contributed by atoms with van der Waals surface area (Å²) in [6.07, 6.45) is 3.24. The van der Waals surface area contributed by atoms with Crippen LogP contribution in [0.1, 0.15) is 0 Å². The van der Waals surface area contributed by atoms with Crippen molar-refractivity contribution in [2.45, 2.75) is 0 Å². The average Bonchev–Trinajstić information content (AvgIpc) is 1.99. The van der Waals surface area contributed by atoms with Crippen molar-refractivity contribution in [1.82, 2.24) is 0 Å². The number of allylic oxidation sites excluding steroid dienone is 2. The summed E-state index contributed by atoms with van der Waals surface area (Å²) in [5.41, 5.74) is 5.95. The maximum absolute atomic E-state index is 7.18. The van der Waals surface area contributed by atoms with E-state index >= 15 is 0 Å². The van der Waals surface area contributed by atoms with Gasteiger partial charge in [-0.05, 0) is 0 Å². The minimum absolute atomic E-state index is 0.0994. The first-order valence-electron chi connectivity index (χ1n) is 2.90. The second-order valence-electron chi connectivity index (χ2n) is 1.66. The zero-order valence-corrected chi connectivity index (χ0v) is 6.05. The van der Waals surface area contributed by atoms with Crippen LogP contribution in [0.5, 0.6) is 0 Å². The summed E-state index contributed by atoms with van der Waals surface area (Å²) in [5.74, 6) is 0.0994. The molecule has 0 fully saturated rings. The van der Waals surface area contributed by atoms with E-state index in [0.29, 0.717) is 12.1 Å². The lowest BCUT2D eigenvalue weighted by molar-refractivity contribution is 0.399. The molecule has 3 N–H and O–H groups in total. The van der Waals surface area contributed by atoms with Crippen LogP contribution in [0.3, 0.4) is 0 Å². The van der Waals surface area contributed by atoms with Crippen molar-refractivity contribution in [3.8, 4) is 0 Å². The second-order valence-corrected chi connectivity index (χ2v) is 1.66. The number of methoxy groups -OCH3 is 1. The molecule has 0 aliphatic heterocycles. The molecule has 0 amide bonds. The maximum atomic E-state index is 7.18. The molecule has 0 atom stereocenters. The zero-order chi connectivity index (χ0) is 7.98. The number of hydrogen-bond acceptors (Lipinski definition) is 3. The SMILES string of the molecule is C=C/C=C(/CN)C(=N)OC. The van der Waals surface area contributed by atoms with Crippen LogP contribution in [0, 0.1) is 5.41 Å². The molecule has 0 aliphatic carbocycles. The van der Waals surface area contributed by atoms with E-state index in [1.807, 2.05) is 0 Å². The molecule has 0 aromatic heterocycles. The van der Waals surface area contributed by atoms with E-state index in [1.165, 1.54) is 7.11 Å². The van der Waals surface area contributed by atoms with E-state index in [0.717, 1.165) is 0 Å². The van der Waals surface area contributed by atoms with Gasteiger partial charge in [-0.1, -0.05) is 18.7 Å². The third kappa shape index (κ3) is 2.46. The summed E-state index contributed by atoms with van der Waals surface area (Å²) in [7, 11) is 1.44. The standard InChI is InChI=1S/C7H12N2O/c1-3-4-6(5-8)7(9)10-2/h3-4,9H,1,5,8H2,2H3/b6-4-,9-7?. The average molecular weight is 140 g/mol. The number of nitrogens with two attached hydrogens (primary N) is 1. The van der Waals surface area contributed by atoms with Crippen molar-refractivity contribution in [3.63, 3.8) is 0 Å². The Kier molecular flexibility index (Phi) is 4.24. The van der Waals surface area contributed by atoms with Crippen LogP contribution in [-0.4, -0.2) is 19.6 Å². The molecule has 0 unspecified atom stereocenters. The van der Waals surface area contributed by atoms with Crippen LogP contribution in [0.2, 0.25) is 0 Å². The molecule has 0 aliphatic rings. The lowest BCUT2D eigenvalue weighted by Crippen LogP contribution is -2.13. The van der Waals surface area contributed by atoms with Crippen LogP contribution in [0.25, 0.3) is 0 Å². The molecule has 0 bridgehead atoms. The molecule has 0 heterocycles. The molecule has 0 saturated carbocycles. The van der Waals surface area contributed by atoms with Gasteiger partial charge in [-0.15, -0.1) is 0 Å². The van der Waals surface area contributed by atoms with Crippen LogP contribution in [0.4, 0.5) is 0 Å². The lowest BCUT2D eigenvalue weighted by Gasteiger charge is -2.02. The molecule has 0 aromatic rings. The molecule has 3 nitrogen and oxygen atoms in total. The summed E-state index contributed by atoms with van der Waals surface area (Å²) < 4.78 is 4.64. The molecule has 0 spiro atoms. The van der Waals surface area contributed by atoms with Gasteiger partial charge in [0.1, 0.15) is 0 Å². The summed E-state index contributed by atoms with van der Waals surface area (Å²) in [6, 6.07) is 0. The third-order valence-electron chi connectivity index (χ3n) is 1.03.